The second-order valence-corrected chi connectivity index (χ2v) is 7.00. The van der Waals surface area contributed by atoms with E-state index in [4.69, 9.17) is 4.74 Å². The molecule has 2 heterocycles. The van der Waals surface area contributed by atoms with Crippen LogP contribution in [0.15, 0.2) is 18.2 Å². The summed E-state index contributed by atoms with van der Waals surface area (Å²) in [7, 11) is 0. The zero-order valence-electron chi connectivity index (χ0n) is 16.2. The highest BCUT2D eigenvalue weighted by Gasteiger charge is 2.10. The molecule has 0 spiro atoms. The number of hydrogen-bond donors (Lipinski definition) is 2. The van der Waals surface area contributed by atoms with Crippen molar-refractivity contribution in [3.8, 4) is 0 Å². The molecule has 0 radical (unpaired) electrons. The first-order valence-electron chi connectivity index (χ1n) is 9.26. The van der Waals surface area contributed by atoms with Crippen molar-refractivity contribution in [3.05, 3.63) is 40.6 Å². The lowest BCUT2D eigenvalue weighted by molar-refractivity contribution is 0.0398. The molecule has 1 aliphatic heterocycles. The number of nitrogens with one attached hydrogen (secondary N) is 2. The van der Waals surface area contributed by atoms with E-state index in [-0.39, 0.29) is 0 Å². The van der Waals surface area contributed by atoms with Crippen molar-refractivity contribution in [2.24, 2.45) is 0 Å². The fourth-order valence-corrected chi connectivity index (χ4v) is 3.37. The second kappa shape index (κ2) is 8.47. The highest BCUT2D eigenvalue weighted by Crippen LogP contribution is 2.25. The number of morpholine rings is 1. The Morgan fingerprint density at radius 1 is 1.00 bits per heavy atom. The summed E-state index contributed by atoms with van der Waals surface area (Å²) < 4.78 is 5.38. The predicted octanol–water partition coefficient (Wildman–Crippen LogP) is 3.20. The number of rotatable bonds is 6. The van der Waals surface area contributed by atoms with Crippen molar-refractivity contribution in [2.45, 2.75) is 27.7 Å². The van der Waals surface area contributed by atoms with Gasteiger partial charge in [-0.3, -0.25) is 4.90 Å². The Balaban J connectivity index is 1.65. The maximum atomic E-state index is 5.38. The average Bonchev–Trinajstić information content (AvgIpc) is 2.59. The minimum atomic E-state index is 0.670. The molecule has 140 valence electrons. The van der Waals surface area contributed by atoms with Crippen LogP contribution in [0.3, 0.4) is 0 Å². The summed E-state index contributed by atoms with van der Waals surface area (Å²) >= 11 is 0. The summed E-state index contributed by atoms with van der Waals surface area (Å²) in [6, 6.07) is 6.35. The molecule has 1 aliphatic rings. The first kappa shape index (κ1) is 18.6. The normalized spacial score (nSPS) is 15.1. The molecule has 26 heavy (non-hydrogen) atoms. The molecule has 6 heteroatoms. The van der Waals surface area contributed by atoms with Gasteiger partial charge in [0.2, 0.25) is 5.95 Å². The van der Waals surface area contributed by atoms with Gasteiger partial charge in [0.25, 0.3) is 0 Å². The molecule has 2 aromatic rings. The molecule has 1 saturated heterocycles. The van der Waals surface area contributed by atoms with Gasteiger partial charge in [-0.1, -0.05) is 17.7 Å². The zero-order chi connectivity index (χ0) is 18.5. The van der Waals surface area contributed by atoms with Crippen molar-refractivity contribution in [1.29, 1.82) is 0 Å². The Morgan fingerprint density at radius 2 is 1.69 bits per heavy atom. The van der Waals surface area contributed by atoms with Crippen LogP contribution in [-0.2, 0) is 4.74 Å². The van der Waals surface area contributed by atoms with E-state index in [1.54, 1.807) is 0 Å². The van der Waals surface area contributed by atoms with Crippen LogP contribution in [0.2, 0.25) is 0 Å². The number of benzene rings is 1. The van der Waals surface area contributed by atoms with Gasteiger partial charge >= 0.3 is 0 Å². The lowest BCUT2D eigenvalue weighted by atomic mass is 10.1. The van der Waals surface area contributed by atoms with Gasteiger partial charge in [0.1, 0.15) is 5.82 Å². The van der Waals surface area contributed by atoms with Crippen LogP contribution < -0.4 is 10.6 Å². The molecule has 1 aromatic heterocycles. The molecule has 3 rings (SSSR count). The van der Waals surface area contributed by atoms with E-state index in [9.17, 15) is 0 Å². The van der Waals surface area contributed by atoms with Gasteiger partial charge in [-0.15, -0.1) is 0 Å². The summed E-state index contributed by atoms with van der Waals surface area (Å²) in [5, 5.41) is 6.82. The standard InChI is InChI=1S/C20H29N5O/c1-14-11-15(2)19(16(3)12-14)23-18-13-17(4)22-20(24-18)21-5-6-25-7-9-26-10-8-25/h11-13H,5-10H2,1-4H3,(H2,21,22,23,24). The molecule has 6 nitrogen and oxygen atoms in total. The third-order valence-electron chi connectivity index (χ3n) is 4.60. The van der Waals surface area contributed by atoms with Crippen LogP contribution in [0.25, 0.3) is 0 Å². The Morgan fingerprint density at radius 3 is 2.38 bits per heavy atom. The Kier molecular flexibility index (Phi) is 6.06. The quantitative estimate of drug-likeness (QED) is 0.830. The summed E-state index contributed by atoms with van der Waals surface area (Å²) in [5.74, 6) is 1.49. The van der Waals surface area contributed by atoms with E-state index in [2.05, 4.69) is 58.4 Å². The third-order valence-corrected chi connectivity index (χ3v) is 4.60. The summed E-state index contributed by atoms with van der Waals surface area (Å²) in [5.41, 5.74) is 5.78. The van der Waals surface area contributed by atoms with Gasteiger partial charge in [0.15, 0.2) is 0 Å². The van der Waals surface area contributed by atoms with Gasteiger partial charge in [-0.05, 0) is 38.8 Å². The lowest BCUT2D eigenvalue weighted by Gasteiger charge is -2.26. The maximum absolute atomic E-state index is 5.38. The second-order valence-electron chi connectivity index (χ2n) is 7.00. The average molecular weight is 355 g/mol. The molecule has 1 fully saturated rings. The molecule has 0 atom stereocenters. The molecule has 0 unspecified atom stereocenters. The highest BCUT2D eigenvalue weighted by atomic mass is 16.5. The molecule has 0 aliphatic carbocycles. The van der Waals surface area contributed by atoms with Crippen molar-refractivity contribution in [2.75, 3.05) is 50.0 Å². The van der Waals surface area contributed by atoms with Crippen LogP contribution in [0.1, 0.15) is 22.4 Å². The SMILES string of the molecule is Cc1cc(C)c(Nc2cc(C)nc(NCCN3CCOCC3)n2)c(C)c1. The fraction of sp³-hybridized carbons (Fsp3) is 0.500. The molecule has 2 N–H and O–H groups in total. The Hall–Kier alpha value is -2.18. The first-order valence-corrected chi connectivity index (χ1v) is 9.26. The fourth-order valence-electron chi connectivity index (χ4n) is 3.37. The minimum absolute atomic E-state index is 0.670. The van der Waals surface area contributed by atoms with Crippen LogP contribution in [0.4, 0.5) is 17.5 Å². The van der Waals surface area contributed by atoms with Gasteiger partial charge in [0.05, 0.1) is 13.2 Å². The van der Waals surface area contributed by atoms with Crippen molar-refractivity contribution >= 4 is 17.5 Å². The highest BCUT2D eigenvalue weighted by molar-refractivity contribution is 5.65. The number of ether oxygens (including phenoxy) is 1. The van der Waals surface area contributed by atoms with E-state index in [0.717, 1.165) is 56.6 Å². The molecular weight excluding hydrogens is 326 g/mol. The van der Waals surface area contributed by atoms with Crippen molar-refractivity contribution < 1.29 is 4.74 Å². The molecule has 1 aromatic carbocycles. The van der Waals surface area contributed by atoms with Gasteiger partial charge in [-0.25, -0.2) is 4.98 Å². The predicted molar refractivity (Wildman–Crippen MR) is 106 cm³/mol. The van der Waals surface area contributed by atoms with E-state index >= 15 is 0 Å². The largest absolute Gasteiger partial charge is 0.379 e. The van der Waals surface area contributed by atoms with Crippen LogP contribution in [0, 0.1) is 27.7 Å². The third kappa shape index (κ3) is 4.93. The van der Waals surface area contributed by atoms with E-state index in [1.807, 2.05) is 13.0 Å². The van der Waals surface area contributed by atoms with E-state index in [1.165, 1.54) is 16.7 Å². The minimum Gasteiger partial charge on any atom is -0.379 e. The van der Waals surface area contributed by atoms with Gasteiger partial charge in [0, 0.05) is 43.6 Å². The maximum Gasteiger partial charge on any atom is 0.224 e. The van der Waals surface area contributed by atoms with Gasteiger partial charge < -0.3 is 15.4 Å². The smallest absolute Gasteiger partial charge is 0.224 e. The van der Waals surface area contributed by atoms with Crippen molar-refractivity contribution in [3.63, 3.8) is 0 Å². The van der Waals surface area contributed by atoms with Crippen molar-refractivity contribution in [1.82, 2.24) is 14.9 Å². The summed E-state index contributed by atoms with van der Waals surface area (Å²) in [6.07, 6.45) is 0. The van der Waals surface area contributed by atoms with E-state index in [0.29, 0.717) is 5.95 Å². The Labute approximate surface area is 156 Å². The number of hydrogen-bond acceptors (Lipinski definition) is 6. The number of aromatic nitrogens is 2. The topological polar surface area (TPSA) is 62.3 Å². The molecule has 0 bridgehead atoms. The number of aryl methyl sites for hydroxylation is 4. The molecular formula is C20H29N5O. The molecule has 0 amide bonds. The van der Waals surface area contributed by atoms with Crippen LogP contribution in [0.5, 0.6) is 0 Å². The summed E-state index contributed by atoms with van der Waals surface area (Å²) in [4.78, 5) is 11.5. The van der Waals surface area contributed by atoms with Gasteiger partial charge in [-0.2, -0.15) is 4.98 Å². The Bertz CT molecular complexity index is 733. The van der Waals surface area contributed by atoms with E-state index < -0.39 is 0 Å². The first-order chi connectivity index (χ1) is 12.5. The molecule has 0 saturated carbocycles. The zero-order valence-corrected chi connectivity index (χ0v) is 16.2. The summed E-state index contributed by atoms with van der Waals surface area (Å²) in [6.45, 7) is 13.8. The lowest BCUT2D eigenvalue weighted by Crippen LogP contribution is -2.39. The van der Waals surface area contributed by atoms with Crippen LogP contribution >= 0.6 is 0 Å². The number of nitrogens with zero attached hydrogens (tertiary/aromatic N) is 3. The van der Waals surface area contributed by atoms with Crippen LogP contribution in [-0.4, -0.2) is 54.3 Å². The monoisotopic (exact) mass is 355 g/mol. The number of anilines is 3.